The molecule has 3 rings (SSSR count). The van der Waals surface area contributed by atoms with Crippen LogP contribution in [0.3, 0.4) is 0 Å². The average Bonchev–Trinajstić information content (AvgIpc) is 2.67. The monoisotopic (exact) mass is 366 g/mol. The Balaban J connectivity index is 1.41. The summed E-state index contributed by atoms with van der Waals surface area (Å²) in [5, 5.41) is 7.40. The number of aromatic nitrogens is 2. The van der Waals surface area contributed by atoms with Gasteiger partial charge in [0.2, 0.25) is 5.95 Å². The molecule has 0 unspecified atom stereocenters. The van der Waals surface area contributed by atoms with E-state index in [4.69, 9.17) is 11.6 Å². The molecule has 0 atom stereocenters. The number of aryl methyl sites for hydroxylation is 1. The molecule has 3 aromatic rings. The van der Waals surface area contributed by atoms with Crippen molar-refractivity contribution >= 4 is 23.4 Å². The minimum Gasteiger partial charge on any atom is -0.370 e. The lowest BCUT2D eigenvalue weighted by Gasteiger charge is -2.09. The Morgan fingerprint density at radius 1 is 0.808 bits per heavy atom. The summed E-state index contributed by atoms with van der Waals surface area (Å²) in [5.74, 6) is 1.48. The molecule has 0 aliphatic heterocycles. The van der Waals surface area contributed by atoms with Gasteiger partial charge in [-0.3, -0.25) is 0 Å². The summed E-state index contributed by atoms with van der Waals surface area (Å²) < 4.78 is 0. The van der Waals surface area contributed by atoms with Gasteiger partial charge in [0.05, 0.1) is 0 Å². The molecule has 26 heavy (non-hydrogen) atoms. The van der Waals surface area contributed by atoms with Crippen LogP contribution < -0.4 is 10.6 Å². The Bertz CT molecular complexity index is 808. The predicted molar refractivity (Wildman–Crippen MR) is 109 cm³/mol. The molecule has 0 bridgehead atoms. The number of hydrogen-bond acceptors (Lipinski definition) is 4. The third-order valence-electron chi connectivity index (χ3n) is 4.03. The van der Waals surface area contributed by atoms with Crippen LogP contribution in [0.25, 0.3) is 0 Å². The van der Waals surface area contributed by atoms with Crippen molar-refractivity contribution in [3.8, 4) is 0 Å². The van der Waals surface area contributed by atoms with E-state index in [1.54, 1.807) is 6.20 Å². The van der Waals surface area contributed by atoms with Crippen molar-refractivity contribution in [3.05, 3.63) is 83.0 Å². The molecule has 2 N–H and O–H groups in total. The van der Waals surface area contributed by atoms with Crippen molar-refractivity contribution in [1.82, 2.24) is 9.97 Å². The molecule has 5 heteroatoms. The lowest BCUT2D eigenvalue weighted by molar-refractivity contribution is 0.852. The number of hydrogen-bond donors (Lipinski definition) is 2. The predicted octanol–water partition coefficient (Wildman–Crippen LogP) is 4.83. The summed E-state index contributed by atoms with van der Waals surface area (Å²) in [6.45, 7) is 1.64. The SMILES string of the molecule is Clc1cccc(CCNc2ccnc(NCCCc3ccccc3)n2)c1. The van der Waals surface area contributed by atoms with Gasteiger partial charge in [0.1, 0.15) is 5.82 Å². The lowest BCUT2D eigenvalue weighted by Crippen LogP contribution is -2.10. The van der Waals surface area contributed by atoms with Crippen LogP contribution in [0.1, 0.15) is 17.5 Å². The van der Waals surface area contributed by atoms with Crippen LogP contribution in [-0.4, -0.2) is 23.1 Å². The van der Waals surface area contributed by atoms with Crippen molar-refractivity contribution in [2.45, 2.75) is 19.3 Å². The van der Waals surface area contributed by atoms with Crippen LogP contribution in [0.4, 0.5) is 11.8 Å². The molecule has 0 saturated heterocycles. The zero-order chi connectivity index (χ0) is 18.0. The van der Waals surface area contributed by atoms with E-state index in [9.17, 15) is 0 Å². The standard InChI is InChI=1S/C21H23ClN4/c22-19-10-4-8-18(16-19)11-14-23-20-12-15-25-21(26-20)24-13-5-9-17-6-2-1-3-7-17/h1-4,6-8,10,12,15-16H,5,9,11,13-14H2,(H2,23,24,25,26). The largest absolute Gasteiger partial charge is 0.370 e. The second-order valence-corrected chi connectivity index (χ2v) is 6.52. The second kappa shape index (κ2) is 9.78. The summed E-state index contributed by atoms with van der Waals surface area (Å²) in [5.41, 5.74) is 2.56. The first-order chi connectivity index (χ1) is 12.8. The van der Waals surface area contributed by atoms with Gasteiger partial charge in [0.15, 0.2) is 0 Å². The van der Waals surface area contributed by atoms with Crippen molar-refractivity contribution in [2.75, 3.05) is 23.7 Å². The molecule has 0 aliphatic rings. The molecule has 2 aromatic carbocycles. The minimum absolute atomic E-state index is 0.658. The summed E-state index contributed by atoms with van der Waals surface area (Å²) in [7, 11) is 0. The highest BCUT2D eigenvalue weighted by Gasteiger charge is 2.00. The van der Waals surface area contributed by atoms with Gasteiger partial charge in [-0.2, -0.15) is 4.98 Å². The van der Waals surface area contributed by atoms with Crippen LogP contribution in [0.15, 0.2) is 66.9 Å². The fourth-order valence-corrected chi connectivity index (χ4v) is 2.92. The van der Waals surface area contributed by atoms with E-state index in [2.05, 4.69) is 50.9 Å². The molecule has 0 radical (unpaired) electrons. The van der Waals surface area contributed by atoms with E-state index in [0.29, 0.717) is 5.95 Å². The van der Waals surface area contributed by atoms with Gasteiger partial charge in [-0.25, -0.2) is 4.98 Å². The minimum atomic E-state index is 0.658. The van der Waals surface area contributed by atoms with Gasteiger partial charge >= 0.3 is 0 Å². The summed E-state index contributed by atoms with van der Waals surface area (Å²) in [6, 6.07) is 20.3. The highest BCUT2D eigenvalue weighted by Crippen LogP contribution is 2.12. The Morgan fingerprint density at radius 2 is 1.65 bits per heavy atom. The van der Waals surface area contributed by atoms with Gasteiger partial charge in [-0.1, -0.05) is 54.1 Å². The van der Waals surface area contributed by atoms with Gasteiger partial charge < -0.3 is 10.6 Å². The van der Waals surface area contributed by atoms with E-state index in [1.807, 2.05) is 30.3 Å². The first-order valence-corrected chi connectivity index (χ1v) is 9.26. The molecule has 1 aromatic heterocycles. The molecule has 134 valence electrons. The quantitative estimate of drug-likeness (QED) is 0.532. The summed E-state index contributed by atoms with van der Waals surface area (Å²) in [4.78, 5) is 8.79. The number of nitrogens with zero attached hydrogens (tertiary/aromatic N) is 2. The van der Waals surface area contributed by atoms with E-state index in [0.717, 1.165) is 43.2 Å². The normalized spacial score (nSPS) is 10.5. The highest BCUT2D eigenvalue weighted by atomic mass is 35.5. The van der Waals surface area contributed by atoms with Gasteiger partial charge in [0, 0.05) is 24.3 Å². The molecular formula is C21H23ClN4. The molecule has 4 nitrogen and oxygen atoms in total. The summed E-state index contributed by atoms with van der Waals surface area (Å²) in [6.07, 6.45) is 4.75. The molecule has 0 amide bonds. The maximum atomic E-state index is 6.01. The first-order valence-electron chi connectivity index (χ1n) is 8.89. The maximum Gasteiger partial charge on any atom is 0.224 e. The molecule has 1 heterocycles. The zero-order valence-corrected chi connectivity index (χ0v) is 15.4. The van der Waals surface area contributed by atoms with Crippen LogP contribution in [0.2, 0.25) is 5.02 Å². The van der Waals surface area contributed by atoms with Crippen LogP contribution >= 0.6 is 11.6 Å². The van der Waals surface area contributed by atoms with E-state index in [-0.39, 0.29) is 0 Å². The molecule has 0 spiro atoms. The van der Waals surface area contributed by atoms with Crippen LogP contribution in [-0.2, 0) is 12.8 Å². The third kappa shape index (κ3) is 6.05. The van der Waals surface area contributed by atoms with Crippen molar-refractivity contribution < 1.29 is 0 Å². The second-order valence-electron chi connectivity index (χ2n) is 6.09. The van der Waals surface area contributed by atoms with Crippen molar-refractivity contribution in [3.63, 3.8) is 0 Å². The number of anilines is 2. The smallest absolute Gasteiger partial charge is 0.224 e. The molecular weight excluding hydrogens is 344 g/mol. The lowest BCUT2D eigenvalue weighted by atomic mass is 10.1. The van der Waals surface area contributed by atoms with E-state index in [1.165, 1.54) is 11.1 Å². The van der Waals surface area contributed by atoms with E-state index >= 15 is 0 Å². The Hall–Kier alpha value is -2.59. The van der Waals surface area contributed by atoms with Gasteiger partial charge in [0.25, 0.3) is 0 Å². The number of halogens is 1. The third-order valence-corrected chi connectivity index (χ3v) is 4.27. The summed E-state index contributed by atoms with van der Waals surface area (Å²) >= 11 is 6.01. The number of benzene rings is 2. The van der Waals surface area contributed by atoms with Gasteiger partial charge in [-0.05, 0) is 48.6 Å². The molecule has 0 aliphatic carbocycles. The fourth-order valence-electron chi connectivity index (χ4n) is 2.71. The Morgan fingerprint density at radius 3 is 2.50 bits per heavy atom. The highest BCUT2D eigenvalue weighted by molar-refractivity contribution is 6.30. The fraction of sp³-hybridized carbons (Fsp3) is 0.238. The van der Waals surface area contributed by atoms with Crippen LogP contribution in [0, 0.1) is 0 Å². The molecule has 0 saturated carbocycles. The Kier molecular flexibility index (Phi) is 6.85. The van der Waals surface area contributed by atoms with Crippen molar-refractivity contribution in [1.29, 1.82) is 0 Å². The van der Waals surface area contributed by atoms with Crippen LogP contribution in [0.5, 0.6) is 0 Å². The maximum absolute atomic E-state index is 6.01. The van der Waals surface area contributed by atoms with Gasteiger partial charge in [-0.15, -0.1) is 0 Å². The van der Waals surface area contributed by atoms with E-state index < -0.39 is 0 Å². The topological polar surface area (TPSA) is 49.8 Å². The average molecular weight is 367 g/mol. The number of nitrogens with one attached hydrogen (secondary N) is 2. The number of rotatable bonds is 9. The first kappa shape index (κ1) is 18.2. The molecule has 0 fully saturated rings. The Labute approximate surface area is 159 Å². The van der Waals surface area contributed by atoms with Crippen molar-refractivity contribution in [2.24, 2.45) is 0 Å². The zero-order valence-electron chi connectivity index (χ0n) is 14.7.